The van der Waals surface area contributed by atoms with Crippen LogP contribution in [-0.2, 0) is 9.57 Å². The predicted molar refractivity (Wildman–Crippen MR) is 64.8 cm³/mol. The van der Waals surface area contributed by atoms with E-state index >= 15 is 0 Å². The van der Waals surface area contributed by atoms with Crippen LogP contribution in [0.2, 0.25) is 0 Å². The molecule has 0 N–H and O–H groups in total. The van der Waals surface area contributed by atoms with Crippen molar-refractivity contribution in [2.75, 3.05) is 19.9 Å². The number of hydrogen-bond donors (Lipinski definition) is 0. The van der Waals surface area contributed by atoms with Crippen molar-refractivity contribution in [3.05, 3.63) is 23.5 Å². The first-order chi connectivity index (χ1) is 7.85. The number of nitrogens with zero attached hydrogens (tertiary/aromatic N) is 2. The number of methoxy groups -OCH3 is 1. The van der Waals surface area contributed by atoms with Crippen molar-refractivity contribution < 1.29 is 9.57 Å². The maximum absolute atomic E-state index is 5.47. The molecule has 0 amide bonds. The molecule has 0 bridgehead atoms. The van der Waals surface area contributed by atoms with Gasteiger partial charge in [0.2, 0.25) is 0 Å². The Morgan fingerprint density at radius 1 is 1.50 bits per heavy atom. The minimum absolute atomic E-state index is 0.0855. The van der Waals surface area contributed by atoms with Crippen LogP contribution in [0.25, 0.3) is 0 Å². The topological polar surface area (TPSA) is 43.2 Å². The lowest BCUT2D eigenvalue weighted by atomic mass is 9.83. The number of allylic oxidation sites excluding steroid dienone is 2. The number of oxime groups is 1. The molecule has 0 radical (unpaired) electrons. The molecule has 0 aromatic carbocycles. The van der Waals surface area contributed by atoms with E-state index in [-0.39, 0.29) is 12.0 Å². The first-order valence-electron chi connectivity index (χ1n) is 5.12. The average Bonchev–Trinajstić information content (AvgIpc) is 2.77. The van der Waals surface area contributed by atoms with Crippen molar-refractivity contribution in [2.24, 2.45) is 16.1 Å². The summed E-state index contributed by atoms with van der Waals surface area (Å²) < 4.78 is 5.31. The molecule has 0 saturated carbocycles. The fourth-order valence-electron chi connectivity index (χ4n) is 2.27. The Morgan fingerprint density at radius 2 is 2.38 bits per heavy atom. The van der Waals surface area contributed by atoms with Gasteiger partial charge in [-0.25, -0.2) is 0 Å². The second-order valence-electron chi connectivity index (χ2n) is 3.82. The molecule has 5 heteroatoms. The molecule has 3 aliphatic rings. The van der Waals surface area contributed by atoms with Crippen LogP contribution in [0.4, 0.5) is 0 Å². The van der Waals surface area contributed by atoms with Gasteiger partial charge in [-0.1, -0.05) is 11.2 Å². The first kappa shape index (κ1) is 9.96. The molecule has 16 heavy (non-hydrogen) atoms. The highest BCUT2D eigenvalue weighted by atomic mass is 32.2. The zero-order valence-corrected chi connectivity index (χ0v) is 9.95. The number of ether oxygens (including phenoxy) is 1. The fraction of sp³-hybridized carbons (Fsp3) is 0.455. The Kier molecular flexibility index (Phi) is 2.28. The van der Waals surface area contributed by atoms with Gasteiger partial charge in [-0.15, -0.1) is 11.8 Å². The van der Waals surface area contributed by atoms with E-state index in [4.69, 9.17) is 9.57 Å². The summed E-state index contributed by atoms with van der Waals surface area (Å²) in [5, 5.41) is 5.14. The summed E-state index contributed by atoms with van der Waals surface area (Å²) in [7, 11) is 1.67. The van der Waals surface area contributed by atoms with Crippen molar-refractivity contribution >= 4 is 22.5 Å². The number of aliphatic imine (C=N–C) groups is 1. The van der Waals surface area contributed by atoms with Crippen molar-refractivity contribution in [3.63, 3.8) is 0 Å². The van der Waals surface area contributed by atoms with Crippen LogP contribution in [0.1, 0.15) is 0 Å². The lowest BCUT2D eigenvalue weighted by Gasteiger charge is -2.27. The van der Waals surface area contributed by atoms with Gasteiger partial charge in [0.15, 0.2) is 6.10 Å². The molecule has 0 spiro atoms. The lowest BCUT2D eigenvalue weighted by molar-refractivity contribution is 0.0503. The van der Waals surface area contributed by atoms with E-state index in [0.29, 0.717) is 0 Å². The average molecular weight is 236 g/mol. The van der Waals surface area contributed by atoms with Crippen LogP contribution in [-0.4, -0.2) is 36.8 Å². The van der Waals surface area contributed by atoms with Gasteiger partial charge in [0.05, 0.1) is 19.6 Å². The molecule has 2 atom stereocenters. The third kappa shape index (κ3) is 1.24. The molecule has 4 nitrogen and oxygen atoms in total. The van der Waals surface area contributed by atoms with E-state index in [0.717, 1.165) is 23.1 Å². The van der Waals surface area contributed by atoms with Crippen LogP contribution in [0.15, 0.2) is 33.6 Å². The molecule has 2 heterocycles. The van der Waals surface area contributed by atoms with E-state index in [1.165, 1.54) is 5.57 Å². The van der Waals surface area contributed by atoms with Gasteiger partial charge >= 0.3 is 0 Å². The largest absolute Gasteiger partial charge is 0.497 e. The molecule has 0 aromatic heterocycles. The van der Waals surface area contributed by atoms with Gasteiger partial charge in [-0.05, 0) is 17.9 Å². The van der Waals surface area contributed by atoms with Gasteiger partial charge in [0.1, 0.15) is 16.5 Å². The van der Waals surface area contributed by atoms with Gasteiger partial charge in [-0.2, -0.15) is 0 Å². The van der Waals surface area contributed by atoms with Crippen LogP contribution >= 0.6 is 11.8 Å². The summed E-state index contributed by atoms with van der Waals surface area (Å²) in [6.45, 7) is 0.743. The monoisotopic (exact) mass is 236 g/mol. The molecule has 0 aromatic rings. The maximum Gasteiger partial charge on any atom is 0.196 e. The van der Waals surface area contributed by atoms with E-state index in [1.807, 2.05) is 12.3 Å². The summed E-state index contributed by atoms with van der Waals surface area (Å²) in [6, 6.07) is 0. The minimum Gasteiger partial charge on any atom is -0.497 e. The number of rotatable bonds is 1. The van der Waals surface area contributed by atoms with Crippen LogP contribution < -0.4 is 0 Å². The van der Waals surface area contributed by atoms with Crippen molar-refractivity contribution in [1.29, 1.82) is 0 Å². The highest BCUT2D eigenvalue weighted by Gasteiger charge is 2.45. The van der Waals surface area contributed by atoms with E-state index in [1.54, 1.807) is 18.9 Å². The Bertz CT molecular complexity index is 451. The van der Waals surface area contributed by atoms with Gasteiger partial charge in [0, 0.05) is 0 Å². The van der Waals surface area contributed by atoms with Crippen molar-refractivity contribution in [1.82, 2.24) is 0 Å². The third-order valence-electron chi connectivity index (χ3n) is 3.06. The standard InChI is InChI=1S/C11H12N2O2S/c1-14-7-4-3-6-5-12-11(16-2)9-8(6)10(7)15-13-9/h3-4,8,10H,5H2,1-2H3/t8-,10-/m1/s1. The van der Waals surface area contributed by atoms with Crippen LogP contribution in [0, 0.1) is 5.92 Å². The van der Waals surface area contributed by atoms with E-state index < -0.39 is 0 Å². The Morgan fingerprint density at radius 3 is 3.12 bits per heavy atom. The minimum atomic E-state index is -0.0855. The summed E-state index contributed by atoms with van der Waals surface area (Å²) in [5.74, 6) is 1.05. The molecule has 1 aliphatic carbocycles. The highest BCUT2D eigenvalue weighted by molar-refractivity contribution is 8.15. The lowest BCUT2D eigenvalue weighted by Crippen LogP contribution is -2.36. The third-order valence-corrected chi connectivity index (χ3v) is 3.78. The smallest absolute Gasteiger partial charge is 0.196 e. The Hall–Kier alpha value is -1.23. The molecule has 2 aliphatic heterocycles. The molecule has 0 unspecified atom stereocenters. The highest BCUT2D eigenvalue weighted by Crippen LogP contribution is 2.38. The molecule has 3 rings (SSSR count). The maximum atomic E-state index is 5.47. The summed E-state index contributed by atoms with van der Waals surface area (Å²) in [4.78, 5) is 9.96. The second kappa shape index (κ2) is 3.66. The van der Waals surface area contributed by atoms with Crippen molar-refractivity contribution in [3.8, 4) is 0 Å². The summed E-state index contributed by atoms with van der Waals surface area (Å²) >= 11 is 1.62. The first-order valence-corrected chi connectivity index (χ1v) is 6.34. The fourth-order valence-corrected chi connectivity index (χ4v) is 2.84. The summed E-state index contributed by atoms with van der Waals surface area (Å²) in [6.07, 6.45) is 5.95. The summed E-state index contributed by atoms with van der Waals surface area (Å²) in [5.41, 5.74) is 2.22. The SMILES string of the molecule is COC1=CC=C2CN=C(SC)C3=NO[C@H]1[C@H]23. The predicted octanol–water partition coefficient (Wildman–Crippen LogP) is 1.60. The quantitative estimate of drug-likeness (QED) is 0.694. The zero-order chi connectivity index (χ0) is 11.1. The molecular weight excluding hydrogens is 224 g/mol. The van der Waals surface area contributed by atoms with Crippen molar-refractivity contribution in [2.45, 2.75) is 6.10 Å². The van der Waals surface area contributed by atoms with E-state index in [2.05, 4.69) is 16.2 Å². The van der Waals surface area contributed by atoms with E-state index in [9.17, 15) is 0 Å². The number of thioether (sulfide) groups is 1. The Balaban J connectivity index is 2.03. The molecule has 0 fully saturated rings. The molecule has 0 saturated heterocycles. The molecular formula is C11H12N2O2S. The van der Waals surface area contributed by atoms with Gasteiger partial charge in [-0.3, -0.25) is 4.99 Å². The Labute approximate surface area is 98.1 Å². The second-order valence-corrected chi connectivity index (χ2v) is 4.62. The van der Waals surface area contributed by atoms with Gasteiger partial charge < -0.3 is 9.57 Å². The normalized spacial score (nSPS) is 30.6. The van der Waals surface area contributed by atoms with Crippen LogP contribution in [0.3, 0.4) is 0 Å². The zero-order valence-electron chi connectivity index (χ0n) is 9.14. The number of hydrogen-bond acceptors (Lipinski definition) is 5. The van der Waals surface area contributed by atoms with Gasteiger partial charge in [0.25, 0.3) is 0 Å². The van der Waals surface area contributed by atoms with Crippen LogP contribution in [0.5, 0.6) is 0 Å². The molecule has 84 valence electrons.